The van der Waals surface area contributed by atoms with E-state index in [9.17, 15) is 0 Å². The summed E-state index contributed by atoms with van der Waals surface area (Å²) in [5.41, 5.74) is 1.41. The fourth-order valence-electron chi connectivity index (χ4n) is 1.30. The molecule has 0 spiro atoms. The number of rotatable bonds is 2. The van der Waals surface area contributed by atoms with Crippen molar-refractivity contribution in [3.8, 4) is 0 Å². The molecule has 0 heterocycles. The summed E-state index contributed by atoms with van der Waals surface area (Å²) in [6.45, 7) is 4.32. The van der Waals surface area contributed by atoms with E-state index in [0.29, 0.717) is 0 Å². The normalized spacial score (nSPS) is 31.0. The van der Waals surface area contributed by atoms with Crippen molar-refractivity contribution < 1.29 is 15.5 Å². The van der Waals surface area contributed by atoms with Crippen LogP contribution in [0.15, 0.2) is 23.8 Å². The van der Waals surface area contributed by atoms with Gasteiger partial charge in [-0.3, -0.25) is 0 Å². The van der Waals surface area contributed by atoms with Crippen LogP contribution in [0.4, 0.5) is 0 Å². The van der Waals surface area contributed by atoms with Crippen molar-refractivity contribution >= 4 is 0 Å². The molecule has 0 nitrogen and oxygen atoms in total. The molecule has 0 fully saturated rings. The first-order valence-corrected chi connectivity index (χ1v) is 4.27. The second kappa shape index (κ2) is 2.92. The summed E-state index contributed by atoms with van der Waals surface area (Å²) < 4.78 is 0.00868. The third kappa shape index (κ3) is 1.20. The van der Waals surface area contributed by atoms with Gasteiger partial charge in [-0.1, -0.05) is 0 Å². The Morgan fingerprint density at radius 3 is 2.60 bits per heavy atom. The standard InChI is InChI=1S/C9H13.Ni/c1-3-8-6-5-7-9(8)4-2;/h5-7H,3-4H2,1-2H3;. The van der Waals surface area contributed by atoms with Crippen LogP contribution >= 0.6 is 0 Å². The second-order valence-electron chi connectivity index (χ2n) is 2.57. The van der Waals surface area contributed by atoms with Gasteiger partial charge in [-0.05, 0) is 0 Å². The van der Waals surface area contributed by atoms with Gasteiger partial charge in [-0.25, -0.2) is 0 Å². The van der Waals surface area contributed by atoms with E-state index in [0.717, 1.165) is 12.8 Å². The molecule has 1 aliphatic carbocycles. The monoisotopic (exact) mass is 179 g/mol. The Bertz CT molecular complexity index is 179. The SMILES string of the molecule is CCC1=CC=C[C]1([Ni])CC. The molecule has 0 N–H and O–H groups in total. The minimum atomic E-state index is 0.00868. The van der Waals surface area contributed by atoms with E-state index < -0.39 is 0 Å². The molecular weight excluding hydrogens is 167 g/mol. The van der Waals surface area contributed by atoms with E-state index in [1.807, 2.05) is 0 Å². The first kappa shape index (κ1) is 8.07. The van der Waals surface area contributed by atoms with E-state index in [2.05, 4.69) is 32.1 Å². The topological polar surface area (TPSA) is 0 Å². The van der Waals surface area contributed by atoms with Gasteiger partial charge in [-0.2, -0.15) is 0 Å². The van der Waals surface area contributed by atoms with Crippen LogP contribution in [-0.4, -0.2) is 0 Å². The Morgan fingerprint density at radius 1 is 1.50 bits per heavy atom. The molecule has 0 aliphatic heterocycles. The molecule has 0 aromatic heterocycles. The van der Waals surface area contributed by atoms with E-state index in [1.54, 1.807) is 0 Å². The Morgan fingerprint density at radius 2 is 2.20 bits per heavy atom. The first-order chi connectivity index (χ1) is 4.73. The predicted molar refractivity (Wildman–Crippen MR) is 40.5 cm³/mol. The zero-order valence-corrected chi connectivity index (χ0v) is 7.45. The van der Waals surface area contributed by atoms with Gasteiger partial charge in [0.2, 0.25) is 0 Å². The molecule has 10 heavy (non-hydrogen) atoms. The third-order valence-corrected chi connectivity index (χ3v) is 2.87. The maximum absolute atomic E-state index is 5.12. The van der Waals surface area contributed by atoms with Crippen molar-refractivity contribution in [2.24, 2.45) is 0 Å². The van der Waals surface area contributed by atoms with Crippen LogP contribution in [0, 0.1) is 0 Å². The van der Waals surface area contributed by atoms with Crippen LogP contribution in [0.5, 0.6) is 0 Å². The van der Waals surface area contributed by atoms with E-state index in [-0.39, 0.29) is 4.38 Å². The summed E-state index contributed by atoms with van der Waals surface area (Å²) in [6, 6.07) is 0. The molecule has 1 heteroatoms. The molecule has 1 unspecified atom stereocenters. The minimum absolute atomic E-state index is 0.00868. The van der Waals surface area contributed by atoms with Gasteiger partial charge in [-0.15, -0.1) is 0 Å². The van der Waals surface area contributed by atoms with Crippen LogP contribution in [0.3, 0.4) is 0 Å². The molecule has 0 saturated heterocycles. The van der Waals surface area contributed by atoms with Crippen molar-refractivity contribution in [3.63, 3.8) is 0 Å². The van der Waals surface area contributed by atoms with E-state index >= 15 is 0 Å². The van der Waals surface area contributed by atoms with Crippen molar-refractivity contribution in [1.29, 1.82) is 0 Å². The van der Waals surface area contributed by atoms with Crippen LogP contribution < -0.4 is 0 Å². The average Bonchev–Trinajstić information content (AvgIpc) is 2.32. The van der Waals surface area contributed by atoms with Crippen LogP contribution in [0.25, 0.3) is 0 Å². The zero-order chi connectivity index (χ0) is 7.61. The molecule has 0 amide bonds. The first-order valence-electron chi connectivity index (χ1n) is 3.77. The Kier molecular flexibility index (Phi) is 2.36. The summed E-state index contributed by atoms with van der Waals surface area (Å²) in [4.78, 5) is 0. The number of hydrogen-bond acceptors (Lipinski definition) is 0. The number of allylic oxidation sites excluding steroid dienone is 4. The van der Waals surface area contributed by atoms with Crippen molar-refractivity contribution in [2.45, 2.75) is 31.1 Å². The van der Waals surface area contributed by atoms with Gasteiger partial charge >= 0.3 is 70.3 Å². The molecular formula is C9H13Ni. The third-order valence-electron chi connectivity index (χ3n) is 2.04. The molecule has 0 radical (unpaired) electrons. The molecule has 1 rings (SSSR count). The van der Waals surface area contributed by atoms with Gasteiger partial charge in [0.25, 0.3) is 0 Å². The fourth-order valence-corrected chi connectivity index (χ4v) is 1.65. The number of hydrogen-bond donors (Lipinski definition) is 0. The van der Waals surface area contributed by atoms with Crippen molar-refractivity contribution in [3.05, 3.63) is 23.8 Å². The van der Waals surface area contributed by atoms with Gasteiger partial charge in [0.05, 0.1) is 0 Å². The van der Waals surface area contributed by atoms with Crippen LogP contribution in [0.2, 0.25) is 4.38 Å². The fraction of sp³-hybridized carbons (Fsp3) is 0.556. The second-order valence-corrected chi connectivity index (χ2v) is 3.45. The van der Waals surface area contributed by atoms with Crippen LogP contribution in [-0.2, 0) is 15.5 Å². The van der Waals surface area contributed by atoms with Gasteiger partial charge < -0.3 is 0 Å². The molecule has 0 aromatic carbocycles. The summed E-state index contributed by atoms with van der Waals surface area (Å²) in [7, 11) is 0. The van der Waals surface area contributed by atoms with Gasteiger partial charge in [0.1, 0.15) is 0 Å². The summed E-state index contributed by atoms with van der Waals surface area (Å²) in [5.74, 6) is 0. The molecule has 0 bridgehead atoms. The van der Waals surface area contributed by atoms with Crippen molar-refractivity contribution in [2.75, 3.05) is 0 Å². The summed E-state index contributed by atoms with van der Waals surface area (Å²) in [6.07, 6.45) is 8.55. The zero-order valence-electron chi connectivity index (χ0n) is 6.46. The molecule has 1 aliphatic rings. The van der Waals surface area contributed by atoms with Gasteiger partial charge in [0, 0.05) is 0 Å². The summed E-state index contributed by atoms with van der Waals surface area (Å²) in [5, 5.41) is 0. The molecule has 0 saturated carbocycles. The predicted octanol–water partition coefficient (Wildman–Crippen LogP) is 3.01. The molecule has 0 aromatic rings. The van der Waals surface area contributed by atoms with E-state index in [4.69, 9.17) is 15.5 Å². The van der Waals surface area contributed by atoms with Crippen molar-refractivity contribution in [1.82, 2.24) is 0 Å². The Labute approximate surface area is 70.8 Å². The van der Waals surface area contributed by atoms with E-state index in [1.165, 1.54) is 5.57 Å². The Balaban J connectivity index is 2.79. The maximum atomic E-state index is 5.12. The Hall–Kier alpha value is -0.0265. The van der Waals surface area contributed by atoms with Crippen LogP contribution in [0.1, 0.15) is 26.7 Å². The molecule has 59 valence electrons. The summed E-state index contributed by atoms with van der Waals surface area (Å²) >= 11 is 5.12. The molecule has 1 atom stereocenters. The van der Waals surface area contributed by atoms with Gasteiger partial charge in [0.15, 0.2) is 0 Å². The quantitative estimate of drug-likeness (QED) is 0.572. The average molecular weight is 180 g/mol.